The summed E-state index contributed by atoms with van der Waals surface area (Å²) in [6.45, 7) is 0.324. The van der Waals surface area contributed by atoms with E-state index in [1.54, 1.807) is 12.7 Å². The van der Waals surface area contributed by atoms with Gasteiger partial charge in [0.05, 0.1) is 19.0 Å². The zero-order valence-corrected chi connectivity index (χ0v) is 25.9. The van der Waals surface area contributed by atoms with Gasteiger partial charge in [0.1, 0.15) is 23.8 Å². The van der Waals surface area contributed by atoms with Crippen LogP contribution in [0.1, 0.15) is 54.8 Å². The Morgan fingerprint density at radius 1 is 0.867 bits per heavy atom. The van der Waals surface area contributed by atoms with Gasteiger partial charge >= 0.3 is 7.60 Å². The summed E-state index contributed by atoms with van der Waals surface area (Å²) in [5, 5.41) is 3.56. The number of imidazole rings is 1. The van der Waals surface area contributed by atoms with Gasteiger partial charge in [-0.3, -0.25) is 4.57 Å². The molecule has 45 heavy (non-hydrogen) atoms. The van der Waals surface area contributed by atoms with Gasteiger partial charge in [-0.05, 0) is 36.0 Å². The maximum Gasteiger partial charge on any atom is 0.350 e. The van der Waals surface area contributed by atoms with E-state index in [2.05, 4.69) is 51.7 Å². The number of anilines is 1. The molecule has 3 N–H and O–H groups in total. The van der Waals surface area contributed by atoms with E-state index < -0.39 is 19.5 Å². The Balaban J connectivity index is 1.38. The summed E-state index contributed by atoms with van der Waals surface area (Å²) in [5.74, 6) is 0.704. The van der Waals surface area contributed by atoms with Crippen LogP contribution in [0.4, 0.5) is 5.82 Å². The second kappa shape index (κ2) is 14.0. The van der Waals surface area contributed by atoms with Crippen LogP contribution in [0.15, 0.2) is 104 Å². The average molecular weight is 628 g/mol. The zero-order valence-electron chi connectivity index (χ0n) is 25.0. The predicted molar refractivity (Wildman–Crippen MR) is 173 cm³/mol. The molecule has 1 aliphatic carbocycles. The van der Waals surface area contributed by atoms with Crippen LogP contribution in [0, 0.1) is 0 Å². The highest BCUT2D eigenvalue weighted by atomic mass is 31.2. The van der Waals surface area contributed by atoms with Crippen molar-refractivity contribution >= 4 is 24.6 Å². The Morgan fingerprint density at radius 3 is 2.00 bits per heavy atom. The third-order valence-corrected chi connectivity index (χ3v) is 8.86. The SMILES string of the molecule is O=P(O)(O)COCCC(COC(c1ccccc1)(c1ccccc1)c1ccccc1)n1cnc2c(NC3CCCC3)ncnc21. The van der Waals surface area contributed by atoms with Crippen LogP contribution < -0.4 is 5.32 Å². The quantitative estimate of drug-likeness (QED) is 0.0740. The molecule has 1 atom stereocenters. The smallest absolute Gasteiger partial charge is 0.350 e. The van der Waals surface area contributed by atoms with Crippen LogP contribution >= 0.6 is 7.60 Å². The molecule has 0 aliphatic heterocycles. The van der Waals surface area contributed by atoms with Crippen LogP contribution in [-0.4, -0.2) is 54.9 Å². The van der Waals surface area contributed by atoms with Crippen molar-refractivity contribution in [1.82, 2.24) is 19.5 Å². The van der Waals surface area contributed by atoms with Gasteiger partial charge in [0, 0.05) is 12.6 Å². The number of benzene rings is 3. The van der Waals surface area contributed by atoms with Crippen molar-refractivity contribution in [2.45, 2.75) is 49.8 Å². The molecule has 0 amide bonds. The molecule has 1 unspecified atom stereocenters. The minimum atomic E-state index is -4.31. The minimum absolute atomic E-state index is 0.103. The van der Waals surface area contributed by atoms with Crippen LogP contribution in [0.5, 0.6) is 0 Å². The lowest BCUT2D eigenvalue weighted by molar-refractivity contribution is -0.0107. The summed E-state index contributed by atoms with van der Waals surface area (Å²) in [6.07, 6.45) is 7.62. The van der Waals surface area contributed by atoms with Gasteiger partial charge in [0.15, 0.2) is 11.5 Å². The number of rotatable bonds is 14. The summed E-state index contributed by atoms with van der Waals surface area (Å²) in [5.41, 5.74) is 3.29. The van der Waals surface area contributed by atoms with E-state index in [4.69, 9.17) is 14.5 Å². The van der Waals surface area contributed by atoms with E-state index in [0.717, 1.165) is 29.5 Å². The Labute approximate surface area is 262 Å². The fourth-order valence-electron chi connectivity index (χ4n) is 6.18. The predicted octanol–water partition coefficient (Wildman–Crippen LogP) is 6.27. The molecular formula is C34H38N5O5P. The van der Waals surface area contributed by atoms with Crippen LogP contribution in [0.3, 0.4) is 0 Å². The van der Waals surface area contributed by atoms with Crippen molar-refractivity contribution < 1.29 is 23.8 Å². The number of hydrogen-bond acceptors (Lipinski definition) is 7. The molecule has 5 aromatic rings. The van der Waals surface area contributed by atoms with Gasteiger partial charge in [0.25, 0.3) is 0 Å². The minimum Gasteiger partial charge on any atom is -0.369 e. The average Bonchev–Trinajstić information content (AvgIpc) is 3.74. The molecule has 2 aromatic heterocycles. The normalized spacial score (nSPS) is 15.0. The van der Waals surface area contributed by atoms with E-state index in [9.17, 15) is 14.4 Å². The summed E-state index contributed by atoms with van der Waals surface area (Å²) in [6, 6.07) is 30.4. The lowest BCUT2D eigenvalue weighted by Gasteiger charge is -2.37. The zero-order chi connectivity index (χ0) is 31.1. The van der Waals surface area contributed by atoms with Crippen molar-refractivity contribution in [3.8, 4) is 0 Å². The molecule has 1 fully saturated rings. The van der Waals surface area contributed by atoms with Crippen LogP contribution in [-0.2, 0) is 19.6 Å². The Morgan fingerprint density at radius 2 is 1.44 bits per heavy atom. The molecule has 2 heterocycles. The molecule has 10 nitrogen and oxygen atoms in total. The fourth-order valence-corrected chi connectivity index (χ4v) is 6.55. The molecule has 3 aromatic carbocycles. The van der Waals surface area contributed by atoms with Crippen molar-refractivity contribution in [3.05, 3.63) is 120 Å². The lowest BCUT2D eigenvalue weighted by atomic mass is 9.80. The Kier molecular flexibility index (Phi) is 9.68. The van der Waals surface area contributed by atoms with E-state index in [-0.39, 0.29) is 19.3 Å². The molecule has 0 bridgehead atoms. The van der Waals surface area contributed by atoms with Crippen molar-refractivity contribution in [2.24, 2.45) is 0 Å². The molecule has 1 aliphatic rings. The number of ether oxygens (including phenoxy) is 2. The topological polar surface area (TPSA) is 132 Å². The summed E-state index contributed by atoms with van der Waals surface area (Å²) in [4.78, 5) is 32.6. The molecule has 11 heteroatoms. The third kappa shape index (κ3) is 7.16. The summed E-state index contributed by atoms with van der Waals surface area (Å²) >= 11 is 0. The van der Waals surface area contributed by atoms with Gasteiger partial charge in [-0.2, -0.15) is 0 Å². The maximum atomic E-state index is 11.5. The third-order valence-electron chi connectivity index (χ3n) is 8.34. The highest BCUT2D eigenvalue weighted by Crippen LogP contribution is 2.41. The van der Waals surface area contributed by atoms with Gasteiger partial charge in [-0.25, -0.2) is 15.0 Å². The van der Waals surface area contributed by atoms with Crippen LogP contribution in [0.25, 0.3) is 11.2 Å². The Bertz CT molecular complexity index is 1610. The molecule has 1 saturated carbocycles. The summed E-state index contributed by atoms with van der Waals surface area (Å²) in [7, 11) is -4.31. The first-order valence-electron chi connectivity index (χ1n) is 15.3. The monoisotopic (exact) mass is 627 g/mol. The number of fused-ring (bicyclic) bond motifs is 1. The van der Waals surface area contributed by atoms with Gasteiger partial charge in [0.2, 0.25) is 0 Å². The maximum absolute atomic E-state index is 11.5. The number of hydrogen-bond donors (Lipinski definition) is 3. The molecule has 234 valence electrons. The van der Waals surface area contributed by atoms with E-state index in [1.807, 2.05) is 59.2 Å². The van der Waals surface area contributed by atoms with E-state index >= 15 is 0 Å². The first-order chi connectivity index (χ1) is 21.9. The molecule has 0 saturated heterocycles. The van der Waals surface area contributed by atoms with Crippen LogP contribution in [0.2, 0.25) is 0 Å². The fraction of sp³-hybridized carbons (Fsp3) is 0.324. The first kappa shape index (κ1) is 31.1. The van der Waals surface area contributed by atoms with Gasteiger partial charge in [-0.15, -0.1) is 0 Å². The number of nitrogens with one attached hydrogen (secondary N) is 1. The molecular weight excluding hydrogens is 589 g/mol. The largest absolute Gasteiger partial charge is 0.369 e. The first-order valence-corrected chi connectivity index (χ1v) is 17.1. The number of nitrogens with zero attached hydrogens (tertiary/aromatic N) is 4. The molecule has 0 radical (unpaired) electrons. The second-order valence-electron chi connectivity index (χ2n) is 11.4. The molecule has 0 spiro atoms. The lowest BCUT2D eigenvalue weighted by Crippen LogP contribution is -2.35. The highest BCUT2D eigenvalue weighted by molar-refractivity contribution is 7.51. The number of aromatic nitrogens is 4. The van der Waals surface area contributed by atoms with Crippen molar-refractivity contribution in [3.63, 3.8) is 0 Å². The van der Waals surface area contributed by atoms with Gasteiger partial charge < -0.3 is 29.1 Å². The summed E-state index contributed by atoms with van der Waals surface area (Å²) < 4.78 is 26.0. The Hall–Kier alpha value is -3.92. The van der Waals surface area contributed by atoms with E-state index in [1.165, 1.54) is 12.8 Å². The molecule has 6 rings (SSSR count). The highest BCUT2D eigenvalue weighted by Gasteiger charge is 2.38. The van der Waals surface area contributed by atoms with E-state index in [0.29, 0.717) is 29.4 Å². The second-order valence-corrected chi connectivity index (χ2v) is 13.0. The standard InChI is InChI=1S/C34H38N5O5P/c40-45(41,42)25-43-21-20-30(39-24-37-31-32(35-23-36-33(31)39)38-29-18-10-11-19-29)22-44-34(26-12-4-1-5-13-26,27-14-6-2-7-15-27)28-16-8-3-9-17-28/h1-9,12-17,23-24,29-30H,10-11,18-22,25H2,(H,35,36,38)(H2,40,41,42). The van der Waals surface area contributed by atoms with Crippen molar-refractivity contribution in [2.75, 3.05) is 24.9 Å². The van der Waals surface area contributed by atoms with Gasteiger partial charge in [-0.1, -0.05) is 104 Å². The van der Waals surface area contributed by atoms with Crippen molar-refractivity contribution in [1.29, 1.82) is 0 Å².